The van der Waals surface area contributed by atoms with Crippen LogP contribution in [0.2, 0.25) is 0 Å². The summed E-state index contributed by atoms with van der Waals surface area (Å²) in [5.74, 6) is 0. The third-order valence-corrected chi connectivity index (χ3v) is 4.11. The SMILES string of the molecule is CCCC1(CN(CC)CCCN(C)C)CCCN1. The maximum atomic E-state index is 3.78. The van der Waals surface area contributed by atoms with Gasteiger partial charge in [0, 0.05) is 12.1 Å². The molecule has 1 heterocycles. The molecule has 1 unspecified atom stereocenters. The van der Waals surface area contributed by atoms with E-state index in [2.05, 4.69) is 43.1 Å². The lowest BCUT2D eigenvalue weighted by atomic mass is 9.91. The van der Waals surface area contributed by atoms with Crippen molar-refractivity contribution in [3.05, 3.63) is 0 Å². The van der Waals surface area contributed by atoms with Gasteiger partial charge in [0.1, 0.15) is 0 Å². The van der Waals surface area contributed by atoms with Gasteiger partial charge < -0.3 is 15.1 Å². The van der Waals surface area contributed by atoms with Gasteiger partial charge >= 0.3 is 0 Å². The summed E-state index contributed by atoms with van der Waals surface area (Å²) in [6, 6.07) is 0. The van der Waals surface area contributed by atoms with Crippen molar-refractivity contribution in [2.75, 3.05) is 46.8 Å². The average molecular weight is 255 g/mol. The van der Waals surface area contributed by atoms with Crippen molar-refractivity contribution >= 4 is 0 Å². The molecule has 1 atom stereocenters. The zero-order valence-electron chi connectivity index (χ0n) is 13.0. The van der Waals surface area contributed by atoms with Crippen LogP contribution in [0, 0.1) is 0 Å². The van der Waals surface area contributed by atoms with Gasteiger partial charge in [-0.3, -0.25) is 0 Å². The van der Waals surface area contributed by atoms with E-state index in [-0.39, 0.29) is 0 Å². The van der Waals surface area contributed by atoms with Crippen LogP contribution in [0.1, 0.15) is 46.0 Å². The molecular weight excluding hydrogens is 222 g/mol. The molecule has 0 aliphatic carbocycles. The van der Waals surface area contributed by atoms with Gasteiger partial charge in [0.25, 0.3) is 0 Å². The van der Waals surface area contributed by atoms with Gasteiger partial charge in [0.05, 0.1) is 0 Å². The van der Waals surface area contributed by atoms with Crippen LogP contribution in [0.3, 0.4) is 0 Å². The van der Waals surface area contributed by atoms with E-state index in [1.165, 1.54) is 64.8 Å². The zero-order chi connectivity index (χ0) is 13.4. The van der Waals surface area contributed by atoms with Crippen molar-refractivity contribution in [3.8, 4) is 0 Å². The van der Waals surface area contributed by atoms with Crippen molar-refractivity contribution < 1.29 is 0 Å². The van der Waals surface area contributed by atoms with Gasteiger partial charge in [-0.15, -0.1) is 0 Å². The number of rotatable bonds is 9. The minimum Gasteiger partial charge on any atom is -0.310 e. The van der Waals surface area contributed by atoms with E-state index < -0.39 is 0 Å². The van der Waals surface area contributed by atoms with Crippen molar-refractivity contribution in [3.63, 3.8) is 0 Å². The van der Waals surface area contributed by atoms with Gasteiger partial charge in [-0.1, -0.05) is 20.3 Å². The highest BCUT2D eigenvalue weighted by Gasteiger charge is 2.33. The highest BCUT2D eigenvalue weighted by Crippen LogP contribution is 2.25. The topological polar surface area (TPSA) is 18.5 Å². The minimum atomic E-state index is 0.420. The van der Waals surface area contributed by atoms with Crippen molar-refractivity contribution in [1.82, 2.24) is 15.1 Å². The third kappa shape index (κ3) is 5.25. The molecule has 1 N–H and O–H groups in total. The monoisotopic (exact) mass is 255 g/mol. The molecule has 3 nitrogen and oxygen atoms in total. The van der Waals surface area contributed by atoms with Crippen LogP contribution in [0.15, 0.2) is 0 Å². The maximum Gasteiger partial charge on any atom is 0.0309 e. The molecule has 0 aromatic heterocycles. The van der Waals surface area contributed by atoms with Crippen molar-refractivity contribution in [2.45, 2.75) is 51.5 Å². The molecule has 0 radical (unpaired) electrons. The molecular formula is C15H33N3. The summed E-state index contributed by atoms with van der Waals surface area (Å²) in [5, 5.41) is 3.78. The van der Waals surface area contributed by atoms with Crippen LogP contribution in [0.25, 0.3) is 0 Å². The summed E-state index contributed by atoms with van der Waals surface area (Å²) in [4.78, 5) is 4.92. The molecule has 0 bridgehead atoms. The average Bonchev–Trinajstić information content (AvgIpc) is 2.76. The van der Waals surface area contributed by atoms with Crippen molar-refractivity contribution in [2.24, 2.45) is 0 Å². The van der Waals surface area contributed by atoms with Gasteiger partial charge in [0.15, 0.2) is 0 Å². The fourth-order valence-electron chi connectivity index (χ4n) is 3.16. The molecule has 0 aromatic rings. The molecule has 1 aliphatic rings. The van der Waals surface area contributed by atoms with Crippen LogP contribution < -0.4 is 5.32 Å². The number of hydrogen-bond donors (Lipinski definition) is 1. The van der Waals surface area contributed by atoms with E-state index in [1.807, 2.05) is 0 Å². The summed E-state index contributed by atoms with van der Waals surface area (Å²) in [6.07, 6.45) is 6.63. The number of nitrogens with zero attached hydrogens (tertiary/aromatic N) is 2. The Morgan fingerprint density at radius 3 is 2.44 bits per heavy atom. The first-order valence-electron chi connectivity index (χ1n) is 7.74. The molecule has 0 spiro atoms. The predicted octanol–water partition coefficient (Wildman–Crippen LogP) is 2.18. The largest absolute Gasteiger partial charge is 0.310 e. The molecule has 0 amide bonds. The van der Waals surface area contributed by atoms with Crippen LogP contribution in [0.5, 0.6) is 0 Å². The van der Waals surface area contributed by atoms with Crippen LogP contribution in [-0.4, -0.2) is 62.2 Å². The number of likely N-dealkylation sites (N-methyl/N-ethyl adjacent to an activating group) is 1. The smallest absolute Gasteiger partial charge is 0.0309 e. The molecule has 1 saturated heterocycles. The molecule has 1 fully saturated rings. The Kier molecular flexibility index (Phi) is 7.20. The molecule has 0 saturated carbocycles. The summed E-state index contributed by atoms with van der Waals surface area (Å²) in [6.45, 7) is 10.7. The normalized spacial score (nSPS) is 24.3. The van der Waals surface area contributed by atoms with Crippen LogP contribution in [0.4, 0.5) is 0 Å². The molecule has 0 aromatic carbocycles. The Labute approximate surface area is 114 Å². The summed E-state index contributed by atoms with van der Waals surface area (Å²) < 4.78 is 0. The Hall–Kier alpha value is -0.120. The van der Waals surface area contributed by atoms with E-state index in [4.69, 9.17) is 0 Å². The quantitative estimate of drug-likeness (QED) is 0.681. The lowest BCUT2D eigenvalue weighted by molar-refractivity contribution is 0.183. The highest BCUT2D eigenvalue weighted by atomic mass is 15.2. The molecule has 108 valence electrons. The fourth-order valence-corrected chi connectivity index (χ4v) is 3.16. The first-order valence-corrected chi connectivity index (χ1v) is 7.74. The Morgan fingerprint density at radius 2 is 1.94 bits per heavy atom. The lowest BCUT2D eigenvalue weighted by Gasteiger charge is -2.35. The predicted molar refractivity (Wildman–Crippen MR) is 80.2 cm³/mol. The van der Waals surface area contributed by atoms with E-state index >= 15 is 0 Å². The van der Waals surface area contributed by atoms with Crippen LogP contribution in [-0.2, 0) is 0 Å². The maximum absolute atomic E-state index is 3.78. The second-order valence-corrected chi connectivity index (χ2v) is 6.09. The van der Waals surface area contributed by atoms with E-state index in [1.54, 1.807) is 0 Å². The number of hydrogen-bond acceptors (Lipinski definition) is 3. The van der Waals surface area contributed by atoms with Gasteiger partial charge in [0.2, 0.25) is 0 Å². The van der Waals surface area contributed by atoms with E-state index in [0.29, 0.717) is 5.54 Å². The van der Waals surface area contributed by atoms with Crippen molar-refractivity contribution in [1.29, 1.82) is 0 Å². The molecule has 1 aliphatic heterocycles. The second-order valence-electron chi connectivity index (χ2n) is 6.09. The number of nitrogens with one attached hydrogen (secondary N) is 1. The van der Waals surface area contributed by atoms with Gasteiger partial charge in [-0.25, -0.2) is 0 Å². The standard InChI is InChI=1S/C15H33N3/c1-5-9-15(10-7-11-16-15)14-18(6-2)13-8-12-17(3)4/h16H,5-14H2,1-4H3. The first kappa shape index (κ1) is 15.9. The third-order valence-electron chi connectivity index (χ3n) is 4.11. The fraction of sp³-hybridized carbons (Fsp3) is 1.00. The summed E-state index contributed by atoms with van der Waals surface area (Å²) >= 11 is 0. The van der Waals surface area contributed by atoms with Crippen LogP contribution >= 0.6 is 0 Å². The highest BCUT2D eigenvalue weighted by molar-refractivity contribution is 4.95. The summed E-state index contributed by atoms with van der Waals surface area (Å²) in [7, 11) is 4.32. The van der Waals surface area contributed by atoms with Gasteiger partial charge in [-0.05, 0) is 66.0 Å². The molecule has 3 heteroatoms. The molecule has 18 heavy (non-hydrogen) atoms. The minimum absolute atomic E-state index is 0.420. The Bertz CT molecular complexity index is 210. The first-order chi connectivity index (χ1) is 8.62. The molecule has 1 rings (SSSR count). The van der Waals surface area contributed by atoms with E-state index in [0.717, 1.165) is 0 Å². The Balaban J connectivity index is 2.39. The second kappa shape index (κ2) is 8.13. The zero-order valence-corrected chi connectivity index (χ0v) is 13.0. The lowest BCUT2D eigenvalue weighted by Crippen LogP contribution is -2.50. The van der Waals surface area contributed by atoms with E-state index in [9.17, 15) is 0 Å². The Morgan fingerprint density at radius 1 is 1.17 bits per heavy atom. The summed E-state index contributed by atoms with van der Waals surface area (Å²) in [5.41, 5.74) is 0.420. The van der Waals surface area contributed by atoms with Gasteiger partial charge in [-0.2, -0.15) is 0 Å².